The number of carbonyl (C=O) groups is 1. The molecule has 0 aliphatic heterocycles. The van der Waals surface area contributed by atoms with Crippen LogP contribution in [0.25, 0.3) is 11.3 Å². The van der Waals surface area contributed by atoms with Gasteiger partial charge in [-0.1, -0.05) is 17.7 Å². The first-order valence-corrected chi connectivity index (χ1v) is 11.4. The molecule has 1 amide bonds. The molecular weight excluding hydrogens is 438 g/mol. The van der Waals surface area contributed by atoms with Crippen LogP contribution in [0, 0.1) is 0 Å². The second-order valence-corrected chi connectivity index (χ2v) is 8.81. The van der Waals surface area contributed by atoms with Crippen LogP contribution in [0.3, 0.4) is 0 Å². The summed E-state index contributed by atoms with van der Waals surface area (Å²) in [5.41, 5.74) is 2.26. The van der Waals surface area contributed by atoms with Crippen molar-refractivity contribution in [1.82, 2.24) is 9.71 Å². The standard InChI is InChI=1S/C22H22ClN3O4S/c1-30-14-4-13-25-31(28,29)18-9-6-16(7-10-18)22(27)26-17-8-11-20(23)19(15-17)21-5-2-3-12-24-21/h2-3,5-12,15,25H,4,13-14H2,1H3,(H,26,27). The van der Waals surface area contributed by atoms with E-state index in [0.717, 1.165) is 0 Å². The lowest BCUT2D eigenvalue weighted by Gasteiger charge is -2.10. The number of hydrogen-bond acceptors (Lipinski definition) is 5. The molecule has 162 valence electrons. The molecule has 0 atom stereocenters. The molecule has 0 aliphatic carbocycles. The number of methoxy groups -OCH3 is 1. The molecule has 7 nitrogen and oxygen atoms in total. The van der Waals surface area contributed by atoms with E-state index in [0.29, 0.717) is 40.6 Å². The Morgan fingerprint density at radius 3 is 2.55 bits per heavy atom. The second kappa shape index (κ2) is 10.5. The van der Waals surface area contributed by atoms with Gasteiger partial charge in [0.25, 0.3) is 5.91 Å². The maximum absolute atomic E-state index is 12.6. The highest BCUT2D eigenvalue weighted by Gasteiger charge is 2.15. The fraction of sp³-hybridized carbons (Fsp3) is 0.182. The zero-order valence-electron chi connectivity index (χ0n) is 16.8. The number of benzene rings is 2. The van der Waals surface area contributed by atoms with E-state index in [2.05, 4.69) is 15.0 Å². The van der Waals surface area contributed by atoms with Gasteiger partial charge in [0.2, 0.25) is 10.0 Å². The normalized spacial score (nSPS) is 11.3. The summed E-state index contributed by atoms with van der Waals surface area (Å²) < 4.78 is 32.0. The van der Waals surface area contributed by atoms with Gasteiger partial charge < -0.3 is 10.1 Å². The summed E-state index contributed by atoms with van der Waals surface area (Å²) in [6, 6.07) is 16.3. The molecular formula is C22H22ClN3O4S. The number of carbonyl (C=O) groups excluding carboxylic acids is 1. The molecule has 0 saturated carbocycles. The van der Waals surface area contributed by atoms with Crippen molar-refractivity contribution < 1.29 is 17.9 Å². The van der Waals surface area contributed by atoms with Crippen LogP contribution in [0.5, 0.6) is 0 Å². The van der Waals surface area contributed by atoms with Crippen molar-refractivity contribution >= 4 is 33.2 Å². The summed E-state index contributed by atoms with van der Waals surface area (Å²) in [6.07, 6.45) is 2.23. The number of rotatable bonds is 9. The molecule has 9 heteroatoms. The molecule has 0 unspecified atom stereocenters. The molecule has 3 aromatic rings. The lowest BCUT2D eigenvalue weighted by Crippen LogP contribution is -2.25. The van der Waals surface area contributed by atoms with E-state index in [1.807, 2.05) is 18.2 Å². The zero-order valence-corrected chi connectivity index (χ0v) is 18.4. The summed E-state index contributed by atoms with van der Waals surface area (Å²) in [5, 5.41) is 3.32. The molecule has 0 fully saturated rings. The van der Waals surface area contributed by atoms with Gasteiger partial charge >= 0.3 is 0 Å². The van der Waals surface area contributed by atoms with Gasteiger partial charge in [0.1, 0.15) is 0 Å². The van der Waals surface area contributed by atoms with E-state index in [1.165, 1.54) is 24.3 Å². The highest BCUT2D eigenvalue weighted by Crippen LogP contribution is 2.29. The van der Waals surface area contributed by atoms with Crippen LogP contribution >= 0.6 is 11.6 Å². The smallest absolute Gasteiger partial charge is 0.255 e. The Bertz CT molecular complexity index is 1140. The Kier molecular flexibility index (Phi) is 7.75. The SMILES string of the molecule is COCCCNS(=O)(=O)c1ccc(C(=O)Nc2ccc(Cl)c(-c3ccccn3)c2)cc1. The third-order valence-corrected chi connectivity index (χ3v) is 6.22. The summed E-state index contributed by atoms with van der Waals surface area (Å²) in [7, 11) is -2.08. The van der Waals surface area contributed by atoms with E-state index >= 15 is 0 Å². The van der Waals surface area contributed by atoms with E-state index in [4.69, 9.17) is 16.3 Å². The van der Waals surface area contributed by atoms with E-state index in [9.17, 15) is 13.2 Å². The highest BCUT2D eigenvalue weighted by atomic mass is 35.5. The third kappa shape index (κ3) is 6.11. The van der Waals surface area contributed by atoms with Crippen molar-refractivity contribution in [3.8, 4) is 11.3 Å². The number of nitrogens with one attached hydrogen (secondary N) is 2. The number of halogens is 1. The molecule has 1 heterocycles. The third-order valence-electron chi connectivity index (χ3n) is 4.41. The number of nitrogens with zero attached hydrogens (tertiary/aromatic N) is 1. The molecule has 0 spiro atoms. The van der Waals surface area contributed by atoms with Gasteiger partial charge in [-0.2, -0.15) is 0 Å². The van der Waals surface area contributed by atoms with Crippen LogP contribution in [-0.4, -0.2) is 39.6 Å². The quantitative estimate of drug-likeness (QED) is 0.472. The number of aromatic nitrogens is 1. The number of anilines is 1. The van der Waals surface area contributed by atoms with Crippen LogP contribution < -0.4 is 10.0 Å². The summed E-state index contributed by atoms with van der Waals surface area (Å²) in [4.78, 5) is 17.0. The van der Waals surface area contributed by atoms with Gasteiger partial charge in [0, 0.05) is 43.3 Å². The topological polar surface area (TPSA) is 97.4 Å². The monoisotopic (exact) mass is 459 g/mol. The molecule has 2 aromatic carbocycles. The number of hydrogen-bond donors (Lipinski definition) is 2. The Morgan fingerprint density at radius 2 is 1.87 bits per heavy atom. The van der Waals surface area contributed by atoms with Gasteiger partial charge in [-0.15, -0.1) is 0 Å². The summed E-state index contributed by atoms with van der Waals surface area (Å²) in [6.45, 7) is 0.738. The largest absolute Gasteiger partial charge is 0.385 e. The van der Waals surface area contributed by atoms with E-state index in [-0.39, 0.29) is 17.3 Å². The fourth-order valence-corrected chi connectivity index (χ4v) is 4.10. The van der Waals surface area contributed by atoms with Gasteiger partial charge in [-0.25, -0.2) is 13.1 Å². The van der Waals surface area contributed by atoms with Crippen molar-refractivity contribution in [2.24, 2.45) is 0 Å². The van der Waals surface area contributed by atoms with Crippen LogP contribution in [0.1, 0.15) is 16.8 Å². The Hall–Kier alpha value is -2.78. The van der Waals surface area contributed by atoms with E-state index in [1.54, 1.807) is 31.5 Å². The molecule has 0 aliphatic rings. The number of sulfonamides is 1. The minimum absolute atomic E-state index is 0.0883. The predicted molar refractivity (Wildman–Crippen MR) is 121 cm³/mol. The van der Waals surface area contributed by atoms with Gasteiger partial charge in [-0.05, 0) is 61.0 Å². The van der Waals surface area contributed by atoms with Gasteiger partial charge in [0.05, 0.1) is 15.6 Å². The fourth-order valence-electron chi connectivity index (χ4n) is 2.82. The summed E-state index contributed by atoms with van der Waals surface area (Å²) >= 11 is 6.28. The Morgan fingerprint density at radius 1 is 1.10 bits per heavy atom. The Labute approximate surface area is 186 Å². The number of amides is 1. The number of pyridine rings is 1. The average Bonchev–Trinajstić information content (AvgIpc) is 2.78. The zero-order chi connectivity index (χ0) is 22.3. The minimum atomic E-state index is -3.64. The first-order chi connectivity index (χ1) is 14.9. The van der Waals surface area contributed by atoms with Crippen LogP contribution in [0.15, 0.2) is 71.8 Å². The van der Waals surface area contributed by atoms with Crippen LogP contribution in [-0.2, 0) is 14.8 Å². The van der Waals surface area contributed by atoms with Crippen molar-refractivity contribution in [1.29, 1.82) is 0 Å². The minimum Gasteiger partial charge on any atom is -0.385 e. The predicted octanol–water partition coefficient (Wildman–Crippen LogP) is 3.97. The Balaban J connectivity index is 1.70. The van der Waals surface area contributed by atoms with Crippen molar-refractivity contribution in [2.75, 3.05) is 25.6 Å². The maximum Gasteiger partial charge on any atom is 0.255 e. The molecule has 3 rings (SSSR count). The molecule has 1 aromatic heterocycles. The molecule has 31 heavy (non-hydrogen) atoms. The van der Waals surface area contributed by atoms with E-state index < -0.39 is 10.0 Å². The van der Waals surface area contributed by atoms with Crippen molar-refractivity contribution in [2.45, 2.75) is 11.3 Å². The first kappa shape index (κ1) is 22.9. The number of ether oxygens (including phenoxy) is 1. The van der Waals surface area contributed by atoms with Crippen LogP contribution in [0.2, 0.25) is 5.02 Å². The molecule has 0 saturated heterocycles. The lowest BCUT2D eigenvalue weighted by molar-refractivity contribution is 0.102. The average molecular weight is 460 g/mol. The van der Waals surface area contributed by atoms with Gasteiger partial charge in [0.15, 0.2) is 0 Å². The van der Waals surface area contributed by atoms with Crippen LogP contribution in [0.4, 0.5) is 5.69 Å². The highest BCUT2D eigenvalue weighted by molar-refractivity contribution is 7.89. The van der Waals surface area contributed by atoms with Gasteiger partial charge in [-0.3, -0.25) is 9.78 Å². The molecule has 0 radical (unpaired) electrons. The van der Waals surface area contributed by atoms with Crippen molar-refractivity contribution in [3.63, 3.8) is 0 Å². The summed E-state index contributed by atoms with van der Waals surface area (Å²) in [5.74, 6) is -0.369. The second-order valence-electron chi connectivity index (χ2n) is 6.63. The lowest BCUT2D eigenvalue weighted by atomic mass is 10.1. The molecule has 0 bridgehead atoms. The van der Waals surface area contributed by atoms with Crippen molar-refractivity contribution in [3.05, 3.63) is 77.4 Å². The maximum atomic E-state index is 12.6. The first-order valence-electron chi connectivity index (χ1n) is 9.52. The molecule has 2 N–H and O–H groups in total.